The second-order valence-electron chi connectivity index (χ2n) is 5.76. The SMILES string of the molecule is Cc1cc(SCC(=O)N2CC[C@@H](C)[C@@H]2CO)c(C)cc1Br. The van der Waals surface area contributed by atoms with Gasteiger partial charge >= 0.3 is 0 Å². The lowest BCUT2D eigenvalue weighted by Gasteiger charge is -2.25. The van der Waals surface area contributed by atoms with Gasteiger partial charge in [-0.05, 0) is 49.4 Å². The number of aliphatic hydroxyl groups excluding tert-OH is 1. The number of thioether (sulfide) groups is 1. The van der Waals surface area contributed by atoms with Crippen LogP contribution in [0.2, 0.25) is 0 Å². The molecular weight excluding hydrogens is 350 g/mol. The summed E-state index contributed by atoms with van der Waals surface area (Å²) >= 11 is 5.11. The fraction of sp³-hybridized carbons (Fsp3) is 0.562. The summed E-state index contributed by atoms with van der Waals surface area (Å²) in [4.78, 5) is 15.4. The van der Waals surface area contributed by atoms with E-state index in [2.05, 4.69) is 48.8 Å². The summed E-state index contributed by atoms with van der Waals surface area (Å²) in [5.74, 6) is 0.953. The lowest BCUT2D eigenvalue weighted by Crippen LogP contribution is -2.40. The summed E-state index contributed by atoms with van der Waals surface area (Å²) in [5, 5.41) is 9.45. The number of hydrogen-bond donors (Lipinski definition) is 1. The molecule has 1 N–H and O–H groups in total. The molecule has 21 heavy (non-hydrogen) atoms. The van der Waals surface area contributed by atoms with E-state index in [-0.39, 0.29) is 18.6 Å². The van der Waals surface area contributed by atoms with Crippen molar-refractivity contribution in [2.24, 2.45) is 5.92 Å². The molecule has 0 radical (unpaired) electrons. The zero-order valence-electron chi connectivity index (χ0n) is 12.7. The number of amides is 1. The third-order valence-electron chi connectivity index (χ3n) is 4.20. The Bertz CT molecular complexity index is 535. The molecule has 0 aliphatic carbocycles. The summed E-state index contributed by atoms with van der Waals surface area (Å²) < 4.78 is 1.10. The zero-order valence-corrected chi connectivity index (χ0v) is 15.1. The normalized spacial score (nSPS) is 21.9. The third-order valence-corrected chi connectivity index (χ3v) is 6.19. The largest absolute Gasteiger partial charge is 0.394 e. The van der Waals surface area contributed by atoms with Gasteiger partial charge in [0.05, 0.1) is 18.4 Å². The van der Waals surface area contributed by atoms with Crippen LogP contribution in [0.4, 0.5) is 0 Å². The van der Waals surface area contributed by atoms with Crippen molar-refractivity contribution in [3.05, 3.63) is 27.7 Å². The smallest absolute Gasteiger partial charge is 0.233 e. The van der Waals surface area contributed by atoms with Gasteiger partial charge in [0.2, 0.25) is 5.91 Å². The summed E-state index contributed by atoms with van der Waals surface area (Å²) in [6, 6.07) is 4.20. The molecule has 1 aromatic carbocycles. The van der Waals surface area contributed by atoms with E-state index in [1.165, 1.54) is 11.1 Å². The van der Waals surface area contributed by atoms with Crippen LogP contribution in [0.3, 0.4) is 0 Å². The number of aryl methyl sites for hydroxylation is 2. The number of hydrogen-bond acceptors (Lipinski definition) is 3. The maximum atomic E-state index is 12.4. The van der Waals surface area contributed by atoms with Gasteiger partial charge in [-0.25, -0.2) is 0 Å². The number of likely N-dealkylation sites (tertiary alicyclic amines) is 1. The van der Waals surface area contributed by atoms with Gasteiger partial charge in [0.15, 0.2) is 0 Å². The van der Waals surface area contributed by atoms with Gasteiger partial charge in [0.25, 0.3) is 0 Å². The second kappa shape index (κ2) is 7.16. The molecule has 0 aromatic heterocycles. The van der Waals surface area contributed by atoms with E-state index in [4.69, 9.17) is 0 Å². The van der Waals surface area contributed by atoms with Crippen molar-refractivity contribution >= 4 is 33.6 Å². The molecule has 1 heterocycles. The topological polar surface area (TPSA) is 40.5 Å². The highest BCUT2D eigenvalue weighted by Gasteiger charge is 2.33. The molecule has 2 rings (SSSR count). The third kappa shape index (κ3) is 3.82. The summed E-state index contributed by atoms with van der Waals surface area (Å²) in [6.45, 7) is 7.05. The average molecular weight is 372 g/mol. The monoisotopic (exact) mass is 371 g/mol. The Labute approximate surface area is 139 Å². The molecule has 1 saturated heterocycles. The second-order valence-corrected chi connectivity index (χ2v) is 7.63. The number of rotatable bonds is 4. The number of aliphatic hydroxyl groups is 1. The maximum Gasteiger partial charge on any atom is 0.233 e. The lowest BCUT2D eigenvalue weighted by molar-refractivity contribution is -0.130. The Kier molecular flexibility index (Phi) is 5.74. The van der Waals surface area contributed by atoms with Gasteiger partial charge in [0, 0.05) is 15.9 Å². The van der Waals surface area contributed by atoms with Crippen LogP contribution in [0.5, 0.6) is 0 Å². The fourth-order valence-corrected chi connectivity index (χ4v) is 4.18. The van der Waals surface area contributed by atoms with Gasteiger partial charge in [-0.1, -0.05) is 22.9 Å². The highest BCUT2D eigenvalue weighted by molar-refractivity contribution is 9.10. The molecule has 0 spiro atoms. The Morgan fingerprint density at radius 1 is 1.43 bits per heavy atom. The van der Waals surface area contributed by atoms with E-state index in [9.17, 15) is 9.90 Å². The van der Waals surface area contributed by atoms with Crippen molar-refractivity contribution in [2.45, 2.75) is 38.1 Å². The predicted molar refractivity (Wildman–Crippen MR) is 90.7 cm³/mol. The van der Waals surface area contributed by atoms with Crippen molar-refractivity contribution in [3.63, 3.8) is 0 Å². The Morgan fingerprint density at radius 3 is 2.81 bits per heavy atom. The molecule has 116 valence electrons. The van der Waals surface area contributed by atoms with Gasteiger partial charge in [0.1, 0.15) is 0 Å². The Hall–Kier alpha value is -0.520. The van der Waals surface area contributed by atoms with Crippen molar-refractivity contribution in [2.75, 3.05) is 18.9 Å². The quantitative estimate of drug-likeness (QED) is 0.824. The first-order valence-corrected chi connectivity index (χ1v) is 9.01. The van der Waals surface area contributed by atoms with Crippen LogP contribution >= 0.6 is 27.7 Å². The molecule has 2 atom stereocenters. The van der Waals surface area contributed by atoms with Crippen molar-refractivity contribution in [1.82, 2.24) is 4.90 Å². The molecule has 3 nitrogen and oxygen atoms in total. The van der Waals surface area contributed by atoms with E-state index >= 15 is 0 Å². The molecule has 5 heteroatoms. The zero-order chi connectivity index (χ0) is 15.6. The lowest BCUT2D eigenvalue weighted by atomic mass is 10.0. The van der Waals surface area contributed by atoms with Gasteiger partial charge in [-0.15, -0.1) is 11.8 Å². The molecule has 1 amide bonds. The summed E-state index contributed by atoms with van der Waals surface area (Å²) in [5.41, 5.74) is 2.36. The van der Waals surface area contributed by atoms with Crippen LogP contribution in [-0.2, 0) is 4.79 Å². The Balaban J connectivity index is 2.00. The Morgan fingerprint density at radius 2 is 2.14 bits per heavy atom. The van der Waals surface area contributed by atoms with Crippen molar-refractivity contribution < 1.29 is 9.90 Å². The highest BCUT2D eigenvalue weighted by atomic mass is 79.9. The molecular formula is C16H22BrNO2S. The minimum absolute atomic E-state index is 0.00847. The maximum absolute atomic E-state index is 12.4. The van der Waals surface area contributed by atoms with Crippen molar-refractivity contribution in [3.8, 4) is 0 Å². The van der Waals surface area contributed by atoms with Gasteiger partial charge in [-0.2, -0.15) is 0 Å². The van der Waals surface area contributed by atoms with Crippen LogP contribution in [0.1, 0.15) is 24.5 Å². The molecule has 1 aromatic rings. The molecule has 0 saturated carbocycles. The molecule has 1 fully saturated rings. The summed E-state index contributed by atoms with van der Waals surface area (Å²) in [7, 11) is 0. The number of nitrogens with zero attached hydrogens (tertiary/aromatic N) is 1. The fourth-order valence-electron chi connectivity index (χ4n) is 2.73. The van der Waals surface area contributed by atoms with Gasteiger partial charge in [-0.3, -0.25) is 4.79 Å². The van der Waals surface area contributed by atoms with E-state index in [1.807, 2.05) is 4.90 Å². The predicted octanol–water partition coefficient (Wildman–Crippen LogP) is 3.39. The number of benzene rings is 1. The van der Waals surface area contributed by atoms with Crippen molar-refractivity contribution in [1.29, 1.82) is 0 Å². The van der Waals surface area contributed by atoms with E-state index < -0.39 is 0 Å². The van der Waals surface area contributed by atoms with E-state index in [0.717, 1.165) is 22.3 Å². The molecule has 1 aliphatic heterocycles. The first kappa shape index (κ1) is 16.8. The molecule has 0 bridgehead atoms. The minimum atomic E-state index is -0.00847. The summed E-state index contributed by atoms with van der Waals surface area (Å²) in [6.07, 6.45) is 0.984. The molecule has 1 aliphatic rings. The minimum Gasteiger partial charge on any atom is -0.394 e. The number of carbonyl (C=O) groups excluding carboxylic acids is 1. The standard InChI is InChI=1S/C16H22BrNO2S/c1-10-4-5-18(14(10)8-19)16(20)9-21-15-7-11(2)13(17)6-12(15)3/h6-7,10,14,19H,4-5,8-9H2,1-3H3/t10-,14+/m1/s1. The van der Waals surface area contributed by atoms with Crippen LogP contribution in [-0.4, -0.2) is 40.9 Å². The molecule has 0 unspecified atom stereocenters. The number of carbonyl (C=O) groups is 1. The van der Waals surface area contributed by atoms with Crippen LogP contribution < -0.4 is 0 Å². The van der Waals surface area contributed by atoms with Gasteiger partial charge < -0.3 is 10.0 Å². The van der Waals surface area contributed by atoms with E-state index in [0.29, 0.717) is 11.7 Å². The van der Waals surface area contributed by atoms with Crippen LogP contribution in [0, 0.1) is 19.8 Å². The highest BCUT2D eigenvalue weighted by Crippen LogP contribution is 2.30. The number of halogens is 1. The first-order chi connectivity index (χ1) is 9.93. The van der Waals surface area contributed by atoms with Crippen LogP contribution in [0.25, 0.3) is 0 Å². The first-order valence-electron chi connectivity index (χ1n) is 7.24. The van der Waals surface area contributed by atoms with E-state index in [1.54, 1.807) is 11.8 Å². The van der Waals surface area contributed by atoms with Crippen LogP contribution in [0.15, 0.2) is 21.5 Å². The average Bonchev–Trinajstić information content (AvgIpc) is 2.82.